The Hall–Kier alpha value is -1.55. The summed E-state index contributed by atoms with van der Waals surface area (Å²) in [7, 11) is 0. The summed E-state index contributed by atoms with van der Waals surface area (Å²) in [4.78, 5) is 70.0. The molecule has 0 aliphatic carbocycles. The Morgan fingerprint density at radius 3 is 1.17 bits per heavy atom. The van der Waals surface area contributed by atoms with Crippen LogP contribution in [0.5, 0.6) is 0 Å². The second-order valence-corrected chi connectivity index (χ2v) is 14.7. The Kier molecular flexibility index (Phi) is 11.1. The number of hydrogen-bond acceptors (Lipinski definition) is 9. The first kappa shape index (κ1) is 28.5. The molecule has 170 valence electrons. The monoisotopic (exact) mass is 464 g/mol. The number of ketones is 6. The van der Waals surface area contributed by atoms with E-state index in [1.54, 1.807) is 27.7 Å². The maximum atomic E-state index is 14.1. The predicted octanol–water partition coefficient (Wildman–Crippen LogP) is 2.55. The Labute approximate surface area is 178 Å². The fraction of sp³-hybridized carbons (Fsp3) is 0.700. The zero-order chi connectivity index (χ0) is 23.7. The first-order valence-electron chi connectivity index (χ1n) is 9.95. The summed E-state index contributed by atoms with van der Waals surface area (Å²) in [6.45, 7) is 8.78. The van der Waals surface area contributed by atoms with Crippen LogP contribution < -0.4 is 0 Å². The van der Waals surface area contributed by atoms with Gasteiger partial charge in [-0.3, -0.25) is 0 Å². The van der Waals surface area contributed by atoms with Crippen LogP contribution in [0.2, 0.25) is 9.45 Å². The van der Waals surface area contributed by atoms with E-state index in [2.05, 4.69) is 0 Å². The summed E-state index contributed by atoms with van der Waals surface area (Å²) >= 11 is -5.73. The fourth-order valence-electron chi connectivity index (χ4n) is 3.08. The quantitative estimate of drug-likeness (QED) is 0.192. The Balaban J connectivity index is 5.70. The molecule has 0 aromatic rings. The van der Waals surface area contributed by atoms with Gasteiger partial charge in [0.25, 0.3) is 0 Å². The molecule has 0 aliphatic heterocycles. The van der Waals surface area contributed by atoms with Crippen molar-refractivity contribution in [2.24, 2.45) is 0 Å². The molecule has 0 rings (SSSR count). The molecule has 0 N–H and O–H groups in total. The third kappa shape index (κ3) is 10.5. The number of carbonyl (C=O) groups is 6. The second kappa shape index (κ2) is 11.7. The van der Waals surface area contributed by atoms with E-state index in [1.807, 2.05) is 0 Å². The molecule has 0 saturated carbocycles. The standard InChI is InChI=1S/2C7H9O3.2C3H7O.O.Ti/c2*1-3-6(9)7(10)4-5(2)8;2*1-3(2)4;;/h2*1,3-4H2,2H3;2*3H,1-2H3;;/q;;2*-1;;+2. The van der Waals surface area contributed by atoms with E-state index in [9.17, 15) is 32.1 Å². The Bertz CT molecular complexity index is 713. The fourth-order valence-corrected chi connectivity index (χ4v) is 9.79. The molecule has 0 aliphatic rings. The minimum atomic E-state index is -5.73. The van der Waals surface area contributed by atoms with Crippen molar-refractivity contribution in [3.05, 3.63) is 0 Å². The number of carbonyl (C=O) groups excluding carboxylic acids is 6. The van der Waals surface area contributed by atoms with Crippen LogP contribution in [-0.2, 0) is 54.8 Å². The zero-order valence-electron chi connectivity index (χ0n) is 18.6. The van der Waals surface area contributed by atoms with E-state index in [0.717, 1.165) is 0 Å². The summed E-state index contributed by atoms with van der Waals surface area (Å²) in [6, 6.07) is 0. The first-order valence-corrected chi connectivity index (χ1v) is 14.1. The Morgan fingerprint density at radius 2 is 0.933 bits per heavy atom. The van der Waals surface area contributed by atoms with E-state index in [-0.39, 0.29) is 0 Å². The van der Waals surface area contributed by atoms with Gasteiger partial charge in [0.05, 0.1) is 0 Å². The summed E-state index contributed by atoms with van der Waals surface area (Å²) in [5.41, 5.74) is 0. The normalized spacial score (nSPS) is 12.2. The van der Waals surface area contributed by atoms with Crippen molar-refractivity contribution in [1.82, 2.24) is 0 Å². The zero-order valence-corrected chi connectivity index (χ0v) is 20.1. The van der Waals surface area contributed by atoms with Crippen LogP contribution in [0.15, 0.2) is 0 Å². The number of hydrogen-bond donors (Lipinski definition) is 0. The van der Waals surface area contributed by atoms with Gasteiger partial charge in [0.1, 0.15) is 0 Å². The number of Topliss-reactive ketones (excluding diaryl/α,β-unsaturated/α-hetero) is 6. The molecule has 0 heterocycles. The van der Waals surface area contributed by atoms with Crippen LogP contribution in [0, 0.1) is 0 Å². The molecule has 0 spiro atoms. The maximum absolute atomic E-state index is 14.1. The number of rotatable bonds is 16. The van der Waals surface area contributed by atoms with Crippen molar-refractivity contribution in [3.8, 4) is 0 Å². The van der Waals surface area contributed by atoms with Crippen LogP contribution >= 0.6 is 0 Å². The topological polar surface area (TPSA) is 138 Å². The average Bonchev–Trinajstić information content (AvgIpc) is 2.55. The van der Waals surface area contributed by atoms with Crippen LogP contribution in [-0.4, -0.2) is 46.9 Å². The molecule has 0 saturated heterocycles. The molecule has 0 unspecified atom stereocenters. The van der Waals surface area contributed by atoms with Gasteiger partial charge in [0, 0.05) is 0 Å². The van der Waals surface area contributed by atoms with E-state index < -0.39 is 98.1 Å². The summed E-state index contributed by atoms with van der Waals surface area (Å²) in [6.07, 6.45) is -3.19. The van der Waals surface area contributed by atoms with Crippen LogP contribution in [0.4, 0.5) is 0 Å². The summed E-state index contributed by atoms with van der Waals surface area (Å²) < 4.78 is 24.7. The van der Waals surface area contributed by atoms with Crippen molar-refractivity contribution in [3.63, 3.8) is 0 Å². The van der Waals surface area contributed by atoms with Gasteiger partial charge in [0.15, 0.2) is 0 Å². The molecule has 10 heteroatoms. The molecule has 0 aromatic carbocycles. The predicted molar refractivity (Wildman–Crippen MR) is 103 cm³/mol. The van der Waals surface area contributed by atoms with Gasteiger partial charge < -0.3 is 0 Å². The molecule has 9 nitrogen and oxygen atoms in total. The third-order valence-corrected chi connectivity index (χ3v) is 11.0. The van der Waals surface area contributed by atoms with E-state index in [4.69, 9.17) is 6.64 Å². The average molecular weight is 464 g/mol. The van der Waals surface area contributed by atoms with Crippen molar-refractivity contribution in [2.75, 3.05) is 0 Å². The van der Waals surface area contributed by atoms with E-state index >= 15 is 0 Å². The third-order valence-electron chi connectivity index (χ3n) is 4.11. The molecule has 0 fully saturated rings. The second-order valence-electron chi connectivity index (χ2n) is 8.15. The molecule has 30 heavy (non-hydrogen) atoms. The Morgan fingerprint density at radius 1 is 0.633 bits per heavy atom. The van der Waals surface area contributed by atoms with Gasteiger partial charge >= 0.3 is 178 Å². The first-order chi connectivity index (χ1) is 13.6. The van der Waals surface area contributed by atoms with Gasteiger partial charge in [0.2, 0.25) is 0 Å². The summed E-state index contributed by atoms with van der Waals surface area (Å²) in [5.74, 6) is -4.49. The molecule has 0 aromatic heterocycles. The van der Waals surface area contributed by atoms with E-state index in [1.165, 1.54) is 13.8 Å². The van der Waals surface area contributed by atoms with Gasteiger partial charge in [-0.25, -0.2) is 0 Å². The van der Waals surface area contributed by atoms with Crippen molar-refractivity contribution in [2.45, 2.75) is 88.9 Å². The van der Waals surface area contributed by atoms with Crippen LogP contribution in [0.25, 0.3) is 0 Å². The van der Waals surface area contributed by atoms with E-state index in [0.29, 0.717) is 0 Å². The molecule has 0 atom stereocenters. The van der Waals surface area contributed by atoms with Crippen LogP contribution in [0.1, 0.15) is 67.2 Å². The molecule has 0 amide bonds. The molecule has 0 bridgehead atoms. The van der Waals surface area contributed by atoms with Gasteiger partial charge in [-0.15, -0.1) is 0 Å². The van der Waals surface area contributed by atoms with Gasteiger partial charge in [-0.1, -0.05) is 0 Å². The van der Waals surface area contributed by atoms with Crippen molar-refractivity contribution < 1.29 is 54.8 Å². The van der Waals surface area contributed by atoms with Gasteiger partial charge in [-0.05, 0) is 0 Å². The molecular weight excluding hydrogens is 432 g/mol. The van der Waals surface area contributed by atoms with Crippen molar-refractivity contribution in [1.29, 1.82) is 0 Å². The van der Waals surface area contributed by atoms with Gasteiger partial charge in [-0.2, -0.15) is 0 Å². The molecular formula is C20H32O9Ti. The molecule has 0 radical (unpaired) electrons. The van der Waals surface area contributed by atoms with Crippen molar-refractivity contribution >= 4 is 34.7 Å². The van der Waals surface area contributed by atoms with Crippen LogP contribution in [0.3, 0.4) is 0 Å². The summed E-state index contributed by atoms with van der Waals surface area (Å²) in [5, 5.41) is 0. The minimum absolute atomic E-state index is 0.412. The SMILES string of the molecule is CC(=O)CC(=O)C(=O)C[CH2][Ti](=[O])([CH2]CC(=O)C(=O)CC(C)=O)([O]C(C)C)[O]C(C)C.